The van der Waals surface area contributed by atoms with Gasteiger partial charge in [0.05, 0.1) is 0 Å². The Morgan fingerprint density at radius 1 is 1.82 bits per heavy atom. The maximum atomic E-state index is 10.7. The standard InChI is InChI=1S/C7H13NO2.ClH/c1-7(2)3-5(6(9)10)8-4-7;/h5,8H,3-4H2,1-2H3,(H,9,10);1H/i1D3,2D3;. The lowest BCUT2D eigenvalue weighted by molar-refractivity contribution is -0.139. The predicted molar refractivity (Wildman–Crippen MR) is 45.1 cm³/mol. The summed E-state index contributed by atoms with van der Waals surface area (Å²) in [5.41, 5.74) is -1.97. The van der Waals surface area contributed by atoms with E-state index in [1.807, 2.05) is 0 Å². The molecule has 1 saturated heterocycles. The van der Waals surface area contributed by atoms with Crippen molar-refractivity contribution in [1.29, 1.82) is 0 Å². The van der Waals surface area contributed by atoms with Crippen LogP contribution in [0.4, 0.5) is 0 Å². The molecule has 66 valence electrons. The molecule has 0 radical (unpaired) electrons. The molecule has 1 fully saturated rings. The van der Waals surface area contributed by atoms with Crippen LogP contribution < -0.4 is 5.32 Å². The minimum Gasteiger partial charge on any atom is -0.480 e. The van der Waals surface area contributed by atoms with Gasteiger partial charge in [0.1, 0.15) is 6.04 Å². The van der Waals surface area contributed by atoms with Crippen LogP contribution in [0, 0.1) is 5.41 Å². The van der Waals surface area contributed by atoms with Gasteiger partial charge in [-0.05, 0) is 11.8 Å². The molecule has 0 saturated carbocycles. The largest absolute Gasteiger partial charge is 0.480 e. The van der Waals surface area contributed by atoms with Crippen LogP contribution in [-0.4, -0.2) is 23.7 Å². The molecule has 1 aliphatic heterocycles. The van der Waals surface area contributed by atoms with Crippen LogP contribution in [0.5, 0.6) is 0 Å². The van der Waals surface area contributed by atoms with Gasteiger partial charge >= 0.3 is 5.97 Å². The lowest BCUT2D eigenvalue weighted by atomic mass is 9.91. The lowest BCUT2D eigenvalue weighted by Crippen LogP contribution is -2.29. The molecule has 0 amide bonds. The number of aliphatic carboxylic acids is 1. The molecule has 1 atom stereocenters. The van der Waals surface area contributed by atoms with E-state index in [2.05, 4.69) is 5.32 Å². The van der Waals surface area contributed by atoms with Crippen LogP contribution in [0.2, 0.25) is 0 Å². The SMILES string of the molecule is Cl.[2H]C([2H])([2H])C1(C([2H])([2H])[2H])CNC(C(=O)O)C1. The Morgan fingerprint density at radius 3 is 2.73 bits per heavy atom. The number of nitrogens with one attached hydrogen (secondary N) is 1. The molecule has 11 heavy (non-hydrogen) atoms. The summed E-state index contributed by atoms with van der Waals surface area (Å²) >= 11 is 0. The van der Waals surface area contributed by atoms with Crippen molar-refractivity contribution < 1.29 is 18.1 Å². The quantitative estimate of drug-likeness (QED) is 0.638. The fourth-order valence-electron chi connectivity index (χ4n) is 0.965. The van der Waals surface area contributed by atoms with Gasteiger partial charge in [0.25, 0.3) is 0 Å². The van der Waals surface area contributed by atoms with Crippen molar-refractivity contribution in [3.8, 4) is 0 Å². The molecule has 1 aliphatic rings. The van der Waals surface area contributed by atoms with Crippen molar-refractivity contribution in [3.63, 3.8) is 0 Å². The Kier molecular flexibility index (Phi) is 1.27. The number of carboxylic acid groups (broad SMARTS) is 1. The third-order valence-electron chi connectivity index (χ3n) is 1.50. The first-order valence-corrected chi connectivity index (χ1v) is 2.97. The van der Waals surface area contributed by atoms with Gasteiger partial charge in [-0.2, -0.15) is 0 Å². The molecule has 0 aromatic heterocycles. The monoisotopic (exact) mass is 185 g/mol. The highest BCUT2D eigenvalue weighted by molar-refractivity contribution is 5.85. The van der Waals surface area contributed by atoms with E-state index in [4.69, 9.17) is 13.3 Å². The van der Waals surface area contributed by atoms with Gasteiger partial charge in [-0.25, -0.2) is 0 Å². The minimum atomic E-state index is -2.71. The van der Waals surface area contributed by atoms with Crippen molar-refractivity contribution in [2.45, 2.75) is 26.2 Å². The Morgan fingerprint density at radius 2 is 2.45 bits per heavy atom. The lowest BCUT2D eigenvalue weighted by Gasteiger charge is -2.13. The summed E-state index contributed by atoms with van der Waals surface area (Å²) in [7, 11) is 0. The van der Waals surface area contributed by atoms with Crippen molar-refractivity contribution >= 4 is 18.4 Å². The Balaban J connectivity index is 0.00000256. The molecule has 0 aromatic rings. The Labute approximate surface area is 81.0 Å². The second kappa shape index (κ2) is 3.41. The topological polar surface area (TPSA) is 49.3 Å². The number of carboxylic acids is 1. The molecular weight excluding hydrogens is 166 g/mol. The van der Waals surface area contributed by atoms with Crippen molar-refractivity contribution in [1.82, 2.24) is 5.32 Å². The minimum absolute atomic E-state index is 0. The number of carbonyl (C=O) groups is 1. The molecular formula is C7H14ClNO2. The maximum Gasteiger partial charge on any atom is 0.320 e. The van der Waals surface area contributed by atoms with Gasteiger partial charge in [0.15, 0.2) is 0 Å². The summed E-state index contributed by atoms with van der Waals surface area (Å²) in [4.78, 5) is 10.7. The fourth-order valence-corrected chi connectivity index (χ4v) is 0.965. The molecule has 2 N–H and O–H groups in total. The molecule has 0 aliphatic carbocycles. The zero-order valence-electron chi connectivity index (χ0n) is 11.8. The molecule has 0 aromatic carbocycles. The third-order valence-corrected chi connectivity index (χ3v) is 1.50. The highest BCUT2D eigenvalue weighted by Gasteiger charge is 2.34. The van der Waals surface area contributed by atoms with Gasteiger partial charge < -0.3 is 10.4 Å². The molecule has 0 bridgehead atoms. The highest BCUT2D eigenvalue weighted by Crippen LogP contribution is 2.26. The van der Waals surface area contributed by atoms with E-state index in [1.54, 1.807) is 0 Å². The highest BCUT2D eigenvalue weighted by atomic mass is 35.5. The summed E-state index contributed by atoms with van der Waals surface area (Å²) in [6, 6.07) is -1.11. The first-order valence-electron chi connectivity index (χ1n) is 5.97. The van der Waals surface area contributed by atoms with Gasteiger partial charge in [-0.1, -0.05) is 13.7 Å². The van der Waals surface area contributed by atoms with E-state index in [9.17, 15) is 4.79 Å². The fraction of sp³-hybridized carbons (Fsp3) is 0.857. The van der Waals surface area contributed by atoms with E-state index >= 15 is 0 Å². The average molecular weight is 186 g/mol. The number of halogens is 1. The van der Waals surface area contributed by atoms with Crippen LogP contribution in [0.25, 0.3) is 0 Å². The maximum absolute atomic E-state index is 10.7. The van der Waals surface area contributed by atoms with Crippen LogP contribution >= 0.6 is 12.4 Å². The van der Waals surface area contributed by atoms with Crippen LogP contribution in [0.3, 0.4) is 0 Å². The smallest absolute Gasteiger partial charge is 0.320 e. The van der Waals surface area contributed by atoms with Crippen LogP contribution in [0.1, 0.15) is 28.3 Å². The van der Waals surface area contributed by atoms with Crippen molar-refractivity contribution in [2.75, 3.05) is 6.54 Å². The van der Waals surface area contributed by atoms with Gasteiger partial charge in [-0.15, -0.1) is 12.4 Å². The van der Waals surface area contributed by atoms with Gasteiger partial charge in [-0.3, -0.25) is 4.79 Å². The van der Waals surface area contributed by atoms with E-state index in [-0.39, 0.29) is 19.0 Å². The van der Waals surface area contributed by atoms with E-state index in [0.29, 0.717) is 0 Å². The first-order chi connectivity index (χ1) is 7.01. The normalized spacial score (nSPS) is 38.0. The second-order valence-electron chi connectivity index (χ2n) is 2.56. The zero-order chi connectivity index (χ0) is 12.8. The first kappa shape index (κ1) is 4.10. The summed E-state index contributed by atoms with van der Waals surface area (Å²) < 4.78 is 43.8. The van der Waals surface area contributed by atoms with Crippen molar-refractivity contribution in [3.05, 3.63) is 0 Å². The van der Waals surface area contributed by atoms with Crippen molar-refractivity contribution in [2.24, 2.45) is 5.41 Å². The van der Waals surface area contributed by atoms with Gasteiger partial charge in [0.2, 0.25) is 0 Å². The third kappa shape index (κ3) is 2.67. The summed E-state index contributed by atoms with van der Waals surface area (Å²) in [6.07, 6.45) is -0.407. The Bertz CT molecular complexity index is 288. The van der Waals surface area contributed by atoms with E-state index in [0.717, 1.165) is 0 Å². The second-order valence-corrected chi connectivity index (χ2v) is 2.56. The molecule has 1 rings (SSSR count). The molecule has 1 heterocycles. The summed E-state index contributed by atoms with van der Waals surface area (Å²) in [6.45, 7) is -5.76. The molecule has 4 heteroatoms. The molecule has 3 nitrogen and oxygen atoms in total. The Hall–Kier alpha value is -0.280. The van der Waals surface area contributed by atoms with Crippen LogP contribution in [-0.2, 0) is 4.79 Å². The zero-order valence-corrected chi connectivity index (χ0v) is 6.57. The summed E-state index contributed by atoms with van der Waals surface area (Å²) in [5.74, 6) is -1.23. The van der Waals surface area contributed by atoms with E-state index in [1.165, 1.54) is 0 Å². The van der Waals surface area contributed by atoms with E-state index < -0.39 is 37.6 Å². The summed E-state index contributed by atoms with van der Waals surface area (Å²) in [5, 5.41) is 11.2. The molecule has 0 spiro atoms. The molecule has 1 unspecified atom stereocenters. The van der Waals surface area contributed by atoms with Gasteiger partial charge in [0, 0.05) is 14.8 Å². The van der Waals surface area contributed by atoms with Crippen LogP contribution in [0.15, 0.2) is 0 Å². The predicted octanol–water partition coefficient (Wildman–Crippen LogP) is 0.881. The average Bonchev–Trinajstić information content (AvgIpc) is 2.44. The number of hydrogen-bond acceptors (Lipinski definition) is 2. The number of rotatable bonds is 1. The number of hydrogen-bond donors (Lipinski definition) is 2.